The summed E-state index contributed by atoms with van der Waals surface area (Å²) in [6.07, 6.45) is -4.54. The van der Waals surface area contributed by atoms with Crippen LogP contribution in [0.25, 0.3) is 0 Å². The Balaban J connectivity index is 1.98. The third-order valence-corrected chi connectivity index (χ3v) is 2.86. The van der Waals surface area contributed by atoms with Crippen molar-refractivity contribution >= 4 is 0 Å². The van der Waals surface area contributed by atoms with Gasteiger partial charge in [0.1, 0.15) is 0 Å². The highest BCUT2D eigenvalue weighted by molar-refractivity contribution is 5.19. The number of halogens is 3. The van der Waals surface area contributed by atoms with Crippen molar-refractivity contribution < 1.29 is 17.9 Å². The third-order valence-electron chi connectivity index (χ3n) is 2.86. The monoisotopic (exact) mass is 245 g/mol. The van der Waals surface area contributed by atoms with Crippen LogP contribution in [0.5, 0.6) is 0 Å². The van der Waals surface area contributed by atoms with Crippen molar-refractivity contribution in [3.8, 4) is 0 Å². The third kappa shape index (κ3) is 3.71. The topological polar surface area (TPSA) is 21.3 Å². The minimum absolute atomic E-state index is 0.0581. The molecule has 2 nitrogen and oxygen atoms in total. The maximum absolute atomic E-state index is 12.1. The second kappa shape index (κ2) is 5.06. The van der Waals surface area contributed by atoms with Gasteiger partial charge in [0, 0.05) is 6.04 Å². The zero-order chi connectivity index (χ0) is 12.3. The lowest BCUT2D eigenvalue weighted by molar-refractivity contribution is -0.345. The number of benzene rings is 1. The fraction of sp³-hybridized carbons (Fsp3) is 0.500. The van der Waals surface area contributed by atoms with Crippen molar-refractivity contribution in [2.75, 3.05) is 6.54 Å². The first kappa shape index (κ1) is 12.4. The second-order valence-electron chi connectivity index (χ2n) is 4.13. The molecule has 1 aliphatic heterocycles. The van der Waals surface area contributed by atoms with Crippen LogP contribution < -0.4 is 5.32 Å². The van der Waals surface area contributed by atoms with Gasteiger partial charge in [-0.15, -0.1) is 13.2 Å². The minimum Gasteiger partial charge on any atom is -0.310 e. The molecule has 0 saturated carbocycles. The Hall–Kier alpha value is -1.07. The molecule has 0 radical (unpaired) electrons. The highest BCUT2D eigenvalue weighted by Crippen LogP contribution is 2.29. The number of hydrogen-bond acceptors (Lipinski definition) is 2. The van der Waals surface area contributed by atoms with Gasteiger partial charge in [-0.2, -0.15) is 0 Å². The van der Waals surface area contributed by atoms with E-state index in [9.17, 15) is 13.2 Å². The van der Waals surface area contributed by atoms with Gasteiger partial charge in [-0.05, 0) is 24.9 Å². The average molecular weight is 245 g/mol. The van der Waals surface area contributed by atoms with Crippen LogP contribution in [0.4, 0.5) is 13.2 Å². The van der Waals surface area contributed by atoms with Crippen LogP contribution in [0.15, 0.2) is 30.3 Å². The number of piperidine rings is 1. The summed E-state index contributed by atoms with van der Waals surface area (Å²) >= 11 is 0. The zero-order valence-electron chi connectivity index (χ0n) is 9.20. The molecule has 1 aromatic carbocycles. The molecular weight excluding hydrogens is 231 g/mol. The number of ether oxygens (including phenoxy) is 1. The molecule has 0 amide bonds. The van der Waals surface area contributed by atoms with Gasteiger partial charge in [0.2, 0.25) is 0 Å². The quantitative estimate of drug-likeness (QED) is 0.864. The summed E-state index contributed by atoms with van der Waals surface area (Å²) in [5.41, 5.74) is 1.00. The van der Waals surface area contributed by atoms with E-state index in [1.807, 2.05) is 30.3 Å². The SMILES string of the molecule is FC(F)(F)O[C@@H]1CCN[C@H](c2ccccc2)C1. The lowest BCUT2D eigenvalue weighted by Gasteiger charge is -2.31. The first-order valence-corrected chi connectivity index (χ1v) is 5.57. The molecule has 0 spiro atoms. The van der Waals surface area contributed by atoms with E-state index in [-0.39, 0.29) is 6.04 Å². The number of nitrogens with one attached hydrogen (secondary N) is 1. The van der Waals surface area contributed by atoms with E-state index < -0.39 is 12.5 Å². The Labute approximate surface area is 97.8 Å². The standard InChI is InChI=1S/C12H14F3NO/c13-12(14,15)17-10-6-7-16-11(8-10)9-4-2-1-3-5-9/h1-5,10-11,16H,6-8H2/t10-,11+/m1/s1. The fourth-order valence-corrected chi connectivity index (χ4v) is 2.12. The molecule has 0 aliphatic carbocycles. The largest absolute Gasteiger partial charge is 0.522 e. The van der Waals surface area contributed by atoms with Crippen LogP contribution in [-0.2, 0) is 4.74 Å². The van der Waals surface area contributed by atoms with Crippen molar-refractivity contribution in [2.45, 2.75) is 31.3 Å². The Morgan fingerprint density at radius 3 is 2.53 bits per heavy atom. The molecule has 0 unspecified atom stereocenters. The molecule has 1 fully saturated rings. The van der Waals surface area contributed by atoms with Gasteiger partial charge < -0.3 is 5.32 Å². The molecule has 1 aromatic rings. The highest BCUT2D eigenvalue weighted by Gasteiger charge is 2.35. The van der Waals surface area contributed by atoms with Gasteiger partial charge in [0.25, 0.3) is 0 Å². The van der Waals surface area contributed by atoms with Gasteiger partial charge in [-0.1, -0.05) is 30.3 Å². The number of rotatable bonds is 2. The molecule has 0 bridgehead atoms. The zero-order valence-corrected chi connectivity index (χ0v) is 9.20. The van der Waals surface area contributed by atoms with E-state index in [4.69, 9.17) is 0 Å². The van der Waals surface area contributed by atoms with E-state index in [1.54, 1.807) is 0 Å². The lowest BCUT2D eigenvalue weighted by Crippen LogP contribution is -2.38. The summed E-state index contributed by atoms with van der Waals surface area (Å²) in [4.78, 5) is 0. The van der Waals surface area contributed by atoms with Gasteiger partial charge in [-0.25, -0.2) is 0 Å². The average Bonchev–Trinajstić information content (AvgIpc) is 2.28. The second-order valence-corrected chi connectivity index (χ2v) is 4.13. The number of hydrogen-bond donors (Lipinski definition) is 1. The summed E-state index contributed by atoms with van der Waals surface area (Å²) in [5, 5.41) is 3.20. The highest BCUT2D eigenvalue weighted by atomic mass is 19.4. The van der Waals surface area contributed by atoms with E-state index >= 15 is 0 Å². The van der Waals surface area contributed by atoms with Gasteiger partial charge in [0.15, 0.2) is 0 Å². The first-order chi connectivity index (χ1) is 8.04. The maximum Gasteiger partial charge on any atom is 0.522 e. The molecule has 2 rings (SSSR count). The normalized spacial score (nSPS) is 25.8. The summed E-state index contributed by atoms with van der Waals surface area (Å²) in [6, 6.07) is 9.41. The molecular formula is C12H14F3NO. The molecule has 1 aliphatic rings. The van der Waals surface area contributed by atoms with Crippen LogP contribution >= 0.6 is 0 Å². The lowest BCUT2D eigenvalue weighted by atomic mass is 9.95. The Morgan fingerprint density at radius 2 is 1.88 bits per heavy atom. The van der Waals surface area contributed by atoms with Crippen LogP contribution in [0.2, 0.25) is 0 Å². The van der Waals surface area contributed by atoms with Crippen molar-refractivity contribution in [1.29, 1.82) is 0 Å². The molecule has 5 heteroatoms. The van der Waals surface area contributed by atoms with Gasteiger partial charge >= 0.3 is 6.36 Å². The molecule has 2 atom stereocenters. The van der Waals surface area contributed by atoms with Crippen LogP contribution in [0.1, 0.15) is 24.4 Å². The summed E-state index contributed by atoms with van der Waals surface area (Å²) in [7, 11) is 0. The molecule has 17 heavy (non-hydrogen) atoms. The Bertz CT molecular complexity index is 353. The van der Waals surface area contributed by atoms with E-state index in [1.165, 1.54) is 0 Å². The summed E-state index contributed by atoms with van der Waals surface area (Å²) < 4.78 is 40.5. The van der Waals surface area contributed by atoms with Crippen LogP contribution in [0.3, 0.4) is 0 Å². The van der Waals surface area contributed by atoms with E-state index in [2.05, 4.69) is 10.1 Å². The first-order valence-electron chi connectivity index (χ1n) is 5.57. The fourth-order valence-electron chi connectivity index (χ4n) is 2.12. The minimum atomic E-state index is -4.54. The summed E-state index contributed by atoms with van der Waals surface area (Å²) in [6.45, 7) is 0.542. The molecule has 1 N–H and O–H groups in total. The number of alkyl halides is 3. The van der Waals surface area contributed by atoms with Gasteiger partial charge in [0.05, 0.1) is 6.10 Å². The van der Waals surface area contributed by atoms with E-state index in [0.29, 0.717) is 19.4 Å². The van der Waals surface area contributed by atoms with Crippen LogP contribution in [-0.4, -0.2) is 19.0 Å². The van der Waals surface area contributed by atoms with Crippen molar-refractivity contribution in [3.63, 3.8) is 0 Å². The molecule has 1 heterocycles. The van der Waals surface area contributed by atoms with Crippen molar-refractivity contribution in [2.24, 2.45) is 0 Å². The van der Waals surface area contributed by atoms with Crippen molar-refractivity contribution in [1.82, 2.24) is 5.32 Å². The molecule has 0 aromatic heterocycles. The molecule has 1 saturated heterocycles. The van der Waals surface area contributed by atoms with Crippen molar-refractivity contribution in [3.05, 3.63) is 35.9 Å². The maximum atomic E-state index is 12.1. The van der Waals surface area contributed by atoms with Crippen LogP contribution in [0, 0.1) is 0 Å². The predicted molar refractivity (Wildman–Crippen MR) is 57.3 cm³/mol. The summed E-state index contributed by atoms with van der Waals surface area (Å²) in [5.74, 6) is 0. The van der Waals surface area contributed by atoms with E-state index in [0.717, 1.165) is 5.56 Å². The Kier molecular flexibility index (Phi) is 3.69. The Morgan fingerprint density at radius 1 is 1.18 bits per heavy atom. The smallest absolute Gasteiger partial charge is 0.310 e. The molecule has 94 valence electrons. The predicted octanol–water partition coefficient (Wildman–Crippen LogP) is 3.02. The van der Waals surface area contributed by atoms with Gasteiger partial charge in [-0.3, -0.25) is 4.74 Å².